The van der Waals surface area contributed by atoms with Crippen LogP contribution in [-0.2, 0) is 18.3 Å². The fraction of sp³-hybridized carbons (Fsp3) is 0.800. The zero-order valence-electron chi connectivity index (χ0n) is 9.95. The first kappa shape index (κ1) is 12.1. The van der Waals surface area contributed by atoms with E-state index in [2.05, 4.69) is 29.4 Å². The second-order valence-corrected chi connectivity index (χ2v) is 4.25. The van der Waals surface area contributed by atoms with Gasteiger partial charge in [0.25, 0.3) is 0 Å². The Morgan fingerprint density at radius 3 is 2.80 bits per heavy atom. The lowest BCUT2D eigenvalue weighted by atomic mass is 10.1. The van der Waals surface area contributed by atoms with E-state index < -0.39 is 0 Å². The largest absolute Gasteiger partial charge is 0.379 e. The van der Waals surface area contributed by atoms with Crippen molar-refractivity contribution in [2.24, 2.45) is 7.05 Å². The highest BCUT2D eigenvalue weighted by Gasteiger charge is 2.15. The first-order chi connectivity index (χ1) is 7.05. The summed E-state index contributed by atoms with van der Waals surface area (Å²) in [6.45, 7) is 5.82. The maximum Gasteiger partial charge on any atom is 0.146 e. The standard InChI is InChI=1S/C10H20N4O/c1-10(2,15-4)5-6-11-7-9-13-12-8-14(9)3/h8,11H,5-7H2,1-4H3. The van der Waals surface area contributed by atoms with Crippen molar-refractivity contribution in [3.05, 3.63) is 12.2 Å². The van der Waals surface area contributed by atoms with Crippen LogP contribution in [0.2, 0.25) is 0 Å². The Bertz CT molecular complexity index is 295. The molecule has 1 heterocycles. The predicted molar refractivity (Wildman–Crippen MR) is 58.4 cm³/mol. The fourth-order valence-corrected chi connectivity index (χ4v) is 1.16. The van der Waals surface area contributed by atoms with Gasteiger partial charge < -0.3 is 14.6 Å². The van der Waals surface area contributed by atoms with E-state index in [0.29, 0.717) is 0 Å². The Hall–Kier alpha value is -0.940. The van der Waals surface area contributed by atoms with Gasteiger partial charge in [-0.2, -0.15) is 0 Å². The zero-order chi connectivity index (χ0) is 11.3. The van der Waals surface area contributed by atoms with Crippen LogP contribution >= 0.6 is 0 Å². The van der Waals surface area contributed by atoms with Crippen LogP contribution < -0.4 is 5.32 Å². The third-order valence-electron chi connectivity index (χ3n) is 2.54. The lowest BCUT2D eigenvalue weighted by molar-refractivity contribution is 0.0158. The Morgan fingerprint density at radius 1 is 1.53 bits per heavy atom. The van der Waals surface area contributed by atoms with E-state index in [-0.39, 0.29) is 5.60 Å². The van der Waals surface area contributed by atoms with E-state index in [1.807, 2.05) is 11.6 Å². The Labute approximate surface area is 90.8 Å². The molecule has 15 heavy (non-hydrogen) atoms. The number of hydrogen-bond acceptors (Lipinski definition) is 4. The number of aryl methyl sites for hydroxylation is 1. The van der Waals surface area contributed by atoms with Crippen LogP contribution in [0.1, 0.15) is 26.1 Å². The number of methoxy groups -OCH3 is 1. The molecule has 0 saturated carbocycles. The maximum atomic E-state index is 5.33. The maximum absolute atomic E-state index is 5.33. The molecule has 0 atom stereocenters. The van der Waals surface area contributed by atoms with Crippen molar-refractivity contribution in [1.29, 1.82) is 0 Å². The van der Waals surface area contributed by atoms with E-state index in [1.165, 1.54) is 0 Å². The molecule has 1 N–H and O–H groups in total. The molecule has 1 rings (SSSR count). The van der Waals surface area contributed by atoms with Crippen molar-refractivity contribution in [3.8, 4) is 0 Å². The predicted octanol–water partition coefficient (Wildman–Crippen LogP) is 0.720. The average Bonchev–Trinajstić information content (AvgIpc) is 2.59. The molecule has 0 unspecified atom stereocenters. The molecule has 0 saturated heterocycles. The minimum Gasteiger partial charge on any atom is -0.379 e. The molecule has 1 aromatic heterocycles. The van der Waals surface area contributed by atoms with Gasteiger partial charge >= 0.3 is 0 Å². The van der Waals surface area contributed by atoms with Crippen LogP contribution in [0.15, 0.2) is 6.33 Å². The molecular weight excluding hydrogens is 192 g/mol. The molecule has 0 amide bonds. The van der Waals surface area contributed by atoms with Gasteiger partial charge in [0.05, 0.1) is 12.1 Å². The van der Waals surface area contributed by atoms with Gasteiger partial charge in [-0.25, -0.2) is 0 Å². The van der Waals surface area contributed by atoms with Crippen molar-refractivity contribution in [2.45, 2.75) is 32.4 Å². The number of ether oxygens (including phenoxy) is 1. The normalized spacial score (nSPS) is 12.0. The highest BCUT2D eigenvalue weighted by Crippen LogP contribution is 2.11. The van der Waals surface area contributed by atoms with E-state index in [4.69, 9.17) is 4.74 Å². The third kappa shape index (κ3) is 3.97. The molecule has 0 spiro atoms. The van der Waals surface area contributed by atoms with E-state index in [0.717, 1.165) is 25.3 Å². The van der Waals surface area contributed by atoms with Gasteiger partial charge in [0, 0.05) is 14.2 Å². The van der Waals surface area contributed by atoms with Crippen LogP contribution in [0.5, 0.6) is 0 Å². The molecule has 0 aliphatic heterocycles. The van der Waals surface area contributed by atoms with Gasteiger partial charge in [0.2, 0.25) is 0 Å². The molecule has 0 radical (unpaired) electrons. The number of nitrogens with zero attached hydrogens (tertiary/aromatic N) is 3. The van der Waals surface area contributed by atoms with Crippen molar-refractivity contribution >= 4 is 0 Å². The van der Waals surface area contributed by atoms with Crippen LogP contribution in [0, 0.1) is 0 Å². The zero-order valence-corrected chi connectivity index (χ0v) is 9.95. The molecule has 0 aromatic carbocycles. The minimum atomic E-state index is -0.0626. The number of rotatable bonds is 6. The second-order valence-electron chi connectivity index (χ2n) is 4.25. The summed E-state index contributed by atoms with van der Waals surface area (Å²) in [7, 11) is 3.68. The highest BCUT2D eigenvalue weighted by atomic mass is 16.5. The van der Waals surface area contributed by atoms with E-state index in [9.17, 15) is 0 Å². The summed E-state index contributed by atoms with van der Waals surface area (Å²) in [6.07, 6.45) is 2.68. The van der Waals surface area contributed by atoms with Crippen LogP contribution in [0.4, 0.5) is 0 Å². The lowest BCUT2D eigenvalue weighted by Gasteiger charge is -2.22. The summed E-state index contributed by atoms with van der Waals surface area (Å²) >= 11 is 0. The Morgan fingerprint density at radius 2 is 2.27 bits per heavy atom. The summed E-state index contributed by atoms with van der Waals surface area (Å²) in [5.41, 5.74) is -0.0626. The summed E-state index contributed by atoms with van der Waals surface area (Å²) in [6, 6.07) is 0. The van der Waals surface area contributed by atoms with Gasteiger partial charge in [0.1, 0.15) is 12.2 Å². The van der Waals surface area contributed by atoms with Gasteiger partial charge in [-0.15, -0.1) is 10.2 Å². The fourth-order valence-electron chi connectivity index (χ4n) is 1.16. The van der Waals surface area contributed by atoms with Crippen molar-refractivity contribution in [2.75, 3.05) is 13.7 Å². The first-order valence-electron chi connectivity index (χ1n) is 5.14. The quantitative estimate of drug-likeness (QED) is 0.706. The topological polar surface area (TPSA) is 52.0 Å². The van der Waals surface area contributed by atoms with Gasteiger partial charge in [-0.3, -0.25) is 0 Å². The Balaban J connectivity index is 2.20. The molecule has 0 aliphatic carbocycles. The van der Waals surface area contributed by atoms with Gasteiger partial charge in [0.15, 0.2) is 0 Å². The first-order valence-corrected chi connectivity index (χ1v) is 5.14. The van der Waals surface area contributed by atoms with Gasteiger partial charge in [-0.05, 0) is 26.8 Å². The van der Waals surface area contributed by atoms with Gasteiger partial charge in [-0.1, -0.05) is 0 Å². The number of aromatic nitrogens is 3. The summed E-state index contributed by atoms with van der Waals surface area (Å²) in [5.74, 6) is 0.949. The van der Waals surface area contributed by atoms with E-state index >= 15 is 0 Å². The third-order valence-corrected chi connectivity index (χ3v) is 2.54. The number of hydrogen-bond donors (Lipinski definition) is 1. The SMILES string of the molecule is COC(C)(C)CCNCc1nncn1C. The smallest absolute Gasteiger partial charge is 0.146 e. The van der Waals surface area contributed by atoms with Crippen LogP contribution in [0.3, 0.4) is 0 Å². The highest BCUT2D eigenvalue weighted by molar-refractivity contribution is 4.83. The van der Waals surface area contributed by atoms with Crippen molar-refractivity contribution in [1.82, 2.24) is 20.1 Å². The van der Waals surface area contributed by atoms with Crippen LogP contribution in [-0.4, -0.2) is 34.0 Å². The van der Waals surface area contributed by atoms with Crippen molar-refractivity contribution in [3.63, 3.8) is 0 Å². The molecule has 86 valence electrons. The molecule has 5 heteroatoms. The molecule has 1 aromatic rings. The second kappa shape index (κ2) is 5.23. The lowest BCUT2D eigenvalue weighted by Crippen LogP contribution is -2.29. The summed E-state index contributed by atoms with van der Waals surface area (Å²) in [5, 5.41) is 11.1. The monoisotopic (exact) mass is 212 g/mol. The molecule has 0 aliphatic rings. The number of nitrogens with one attached hydrogen (secondary N) is 1. The molecule has 0 bridgehead atoms. The summed E-state index contributed by atoms with van der Waals surface area (Å²) in [4.78, 5) is 0. The van der Waals surface area contributed by atoms with Crippen molar-refractivity contribution < 1.29 is 4.74 Å². The Kier molecular flexibility index (Phi) is 4.23. The molecular formula is C10H20N4O. The average molecular weight is 212 g/mol. The minimum absolute atomic E-state index is 0.0626. The molecule has 0 fully saturated rings. The van der Waals surface area contributed by atoms with Crippen LogP contribution in [0.25, 0.3) is 0 Å². The molecule has 5 nitrogen and oxygen atoms in total. The summed E-state index contributed by atoms with van der Waals surface area (Å²) < 4.78 is 7.24. The van der Waals surface area contributed by atoms with E-state index in [1.54, 1.807) is 13.4 Å².